The van der Waals surface area contributed by atoms with Gasteiger partial charge in [0.2, 0.25) is 0 Å². The summed E-state index contributed by atoms with van der Waals surface area (Å²) in [5.41, 5.74) is 0. The van der Waals surface area contributed by atoms with Gasteiger partial charge in [-0.3, -0.25) is 0 Å². The first-order valence-corrected chi connectivity index (χ1v) is 6.58. The summed E-state index contributed by atoms with van der Waals surface area (Å²) < 4.78 is 45.9. The van der Waals surface area contributed by atoms with Crippen LogP contribution in [0.15, 0.2) is 0 Å². The maximum atomic E-state index is 11.8. The molecule has 0 saturated heterocycles. The second-order valence-electron chi connectivity index (χ2n) is 3.26. The van der Waals surface area contributed by atoms with E-state index in [0.29, 0.717) is 6.42 Å². The van der Waals surface area contributed by atoms with E-state index in [2.05, 4.69) is 5.32 Å². The minimum absolute atomic E-state index is 0.0865. The third kappa shape index (κ3) is 7.64. The summed E-state index contributed by atoms with van der Waals surface area (Å²) in [6.45, 7) is 1.55. The molecule has 0 saturated carbocycles. The quantitative estimate of drug-likeness (QED) is 0.592. The molecule has 2 N–H and O–H groups in total. The van der Waals surface area contributed by atoms with Gasteiger partial charge in [-0.2, -0.15) is 0 Å². The maximum absolute atomic E-state index is 11.8. The lowest BCUT2D eigenvalue weighted by molar-refractivity contribution is -0.00292. The van der Waals surface area contributed by atoms with Gasteiger partial charge in [0.1, 0.15) is 6.10 Å². The highest BCUT2D eigenvalue weighted by molar-refractivity contribution is 7.91. The van der Waals surface area contributed by atoms with Gasteiger partial charge in [-0.05, 0) is 6.42 Å². The summed E-state index contributed by atoms with van der Waals surface area (Å²) in [7, 11) is -3.08. The number of nitrogens with one attached hydrogen (secondary N) is 1. The van der Waals surface area contributed by atoms with Gasteiger partial charge < -0.3 is 10.4 Å². The molecule has 0 aromatic rings. The summed E-state index contributed by atoms with van der Waals surface area (Å²) in [5.74, 6) is 0.0167. The van der Waals surface area contributed by atoms with Crippen molar-refractivity contribution in [3.8, 4) is 0 Å². The normalized spacial score (nSPS) is 14.5. The molecule has 1 unspecified atom stereocenters. The fourth-order valence-electron chi connectivity index (χ4n) is 0.980. The highest BCUT2D eigenvalue weighted by Gasteiger charge is 2.16. The molecule has 0 spiro atoms. The second-order valence-corrected chi connectivity index (χ2v) is 5.56. The Bertz CT molecular complexity index is 257. The van der Waals surface area contributed by atoms with Crippen molar-refractivity contribution in [3.63, 3.8) is 0 Å². The Morgan fingerprint density at radius 3 is 2.40 bits per heavy atom. The van der Waals surface area contributed by atoms with Crippen LogP contribution >= 0.6 is 0 Å². The molecule has 4 nitrogen and oxygen atoms in total. The van der Waals surface area contributed by atoms with Crippen LogP contribution in [0.25, 0.3) is 0 Å². The largest absolute Gasteiger partial charge is 0.386 e. The standard InChI is InChI=1S/C8H17F2NO3S/c1-2-4-15(13,14)5-3-11-6-7(12)8(9)10/h7-8,11-12H,2-6H2,1H3. The Morgan fingerprint density at radius 1 is 1.33 bits per heavy atom. The van der Waals surface area contributed by atoms with Gasteiger partial charge in [-0.1, -0.05) is 6.92 Å². The molecule has 0 aliphatic heterocycles. The molecule has 0 rings (SSSR count). The van der Waals surface area contributed by atoms with Crippen molar-refractivity contribution < 1.29 is 22.3 Å². The third-order valence-electron chi connectivity index (χ3n) is 1.75. The zero-order valence-corrected chi connectivity index (χ0v) is 9.43. The van der Waals surface area contributed by atoms with E-state index in [1.54, 1.807) is 6.92 Å². The van der Waals surface area contributed by atoms with Crippen LogP contribution in [0.1, 0.15) is 13.3 Å². The van der Waals surface area contributed by atoms with Gasteiger partial charge in [0.25, 0.3) is 6.43 Å². The van der Waals surface area contributed by atoms with Crippen LogP contribution in [0.2, 0.25) is 0 Å². The molecule has 0 aliphatic carbocycles. The molecule has 0 aromatic heterocycles. The summed E-state index contributed by atoms with van der Waals surface area (Å²) in [4.78, 5) is 0. The lowest BCUT2D eigenvalue weighted by Crippen LogP contribution is -2.34. The molecule has 7 heteroatoms. The lowest BCUT2D eigenvalue weighted by Gasteiger charge is -2.10. The molecule has 0 aliphatic rings. The van der Waals surface area contributed by atoms with E-state index in [9.17, 15) is 17.2 Å². The third-order valence-corrected chi connectivity index (χ3v) is 3.61. The SMILES string of the molecule is CCCS(=O)(=O)CCNCC(O)C(F)F. The predicted molar refractivity (Wildman–Crippen MR) is 53.8 cm³/mol. The first-order valence-electron chi connectivity index (χ1n) is 4.76. The van der Waals surface area contributed by atoms with Gasteiger partial charge in [-0.25, -0.2) is 17.2 Å². The number of aliphatic hydroxyl groups is 1. The lowest BCUT2D eigenvalue weighted by atomic mass is 10.4. The zero-order chi connectivity index (χ0) is 11.9. The molecule has 92 valence electrons. The van der Waals surface area contributed by atoms with Crippen molar-refractivity contribution in [1.29, 1.82) is 0 Å². The van der Waals surface area contributed by atoms with Gasteiger partial charge in [0.15, 0.2) is 9.84 Å². The van der Waals surface area contributed by atoms with Crippen LogP contribution in [-0.2, 0) is 9.84 Å². The van der Waals surface area contributed by atoms with Crippen LogP contribution < -0.4 is 5.32 Å². The molecule has 0 amide bonds. The van der Waals surface area contributed by atoms with Crippen molar-refractivity contribution in [2.24, 2.45) is 0 Å². The monoisotopic (exact) mass is 245 g/mol. The first kappa shape index (κ1) is 14.7. The van der Waals surface area contributed by atoms with E-state index < -0.39 is 22.4 Å². The Morgan fingerprint density at radius 2 is 1.93 bits per heavy atom. The molecular weight excluding hydrogens is 228 g/mol. The van der Waals surface area contributed by atoms with Gasteiger partial charge in [0.05, 0.1) is 5.75 Å². The molecule has 0 bridgehead atoms. The van der Waals surface area contributed by atoms with E-state index in [1.165, 1.54) is 0 Å². The van der Waals surface area contributed by atoms with Crippen LogP contribution in [0, 0.1) is 0 Å². The fourth-order valence-corrected chi connectivity index (χ4v) is 2.26. The van der Waals surface area contributed by atoms with Crippen molar-refractivity contribution in [1.82, 2.24) is 5.32 Å². The summed E-state index contributed by atoms with van der Waals surface area (Å²) in [6.07, 6.45) is -3.99. The number of hydrogen-bond acceptors (Lipinski definition) is 4. The van der Waals surface area contributed by atoms with Crippen molar-refractivity contribution in [2.45, 2.75) is 25.9 Å². The minimum Gasteiger partial charge on any atom is -0.386 e. The topological polar surface area (TPSA) is 66.4 Å². The highest BCUT2D eigenvalue weighted by Crippen LogP contribution is 1.98. The number of halogens is 2. The highest BCUT2D eigenvalue weighted by atomic mass is 32.2. The first-order chi connectivity index (χ1) is 6.89. The van der Waals surface area contributed by atoms with Crippen molar-refractivity contribution in [2.75, 3.05) is 24.6 Å². The van der Waals surface area contributed by atoms with E-state index in [0.717, 1.165) is 0 Å². The Kier molecular flexibility index (Phi) is 6.95. The number of hydrogen-bond donors (Lipinski definition) is 2. The molecule has 0 fully saturated rings. The second kappa shape index (κ2) is 7.08. The molecule has 15 heavy (non-hydrogen) atoms. The average Bonchev–Trinajstić information content (AvgIpc) is 2.11. The van der Waals surface area contributed by atoms with Gasteiger partial charge in [0, 0.05) is 18.8 Å². The molecule has 1 atom stereocenters. The van der Waals surface area contributed by atoms with Crippen LogP contribution in [0.3, 0.4) is 0 Å². The van der Waals surface area contributed by atoms with Crippen LogP contribution in [0.4, 0.5) is 8.78 Å². The summed E-state index contributed by atoms with van der Waals surface area (Å²) in [5, 5.41) is 11.2. The minimum atomic E-state index is -3.08. The molecule has 0 radical (unpaired) electrons. The van der Waals surface area contributed by atoms with Crippen molar-refractivity contribution >= 4 is 9.84 Å². The molecular formula is C8H17F2NO3S. The molecule has 0 heterocycles. The van der Waals surface area contributed by atoms with Crippen LogP contribution in [0.5, 0.6) is 0 Å². The Balaban J connectivity index is 3.63. The Labute approximate surface area is 88.6 Å². The van der Waals surface area contributed by atoms with E-state index in [-0.39, 0.29) is 24.6 Å². The van der Waals surface area contributed by atoms with E-state index in [4.69, 9.17) is 5.11 Å². The number of alkyl halides is 2. The molecule has 0 aromatic carbocycles. The zero-order valence-electron chi connectivity index (χ0n) is 8.62. The smallest absolute Gasteiger partial charge is 0.265 e. The van der Waals surface area contributed by atoms with Crippen molar-refractivity contribution in [3.05, 3.63) is 0 Å². The van der Waals surface area contributed by atoms with Gasteiger partial charge >= 0.3 is 0 Å². The Hall–Kier alpha value is -0.270. The fraction of sp³-hybridized carbons (Fsp3) is 1.00. The van der Waals surface area contributed by atoms with Gasteiger partial charge in [-0.15, -0.1) is 0 Å². The number of sulfone groups is 1. The number of rotatable bonds is 8. The average molecular weight is 245 g/mol. The van der Waals surface area contributed by atoms with E-state index >= 15 is 0 Å². The predicted octanol–water partition coefficient (Wildman–Crippen LogP) is 0.0268. The summed E-state index contributed by atoms with van der Waals surface area (Å²) >= 11 is 0. The summed E-state index contributed by atoms with van der Waals surface area (Å²) in [6, 6.07) is 0. The van der Waals surface area contributed by atoms with Crippen LogP contribution in [-0.4, -0.2) is 50.6 Å². The number of aliphatic hydroxyl groups excluding tert-OH is 1. The maximum Gasteiger partial charge on any atom is 0.265 e. The van der Waals surface area contributed by atoms with E-state index in [1.807, 2.05) is 0 Å².